The molecule has 19 heavy (non-hydrogen) atoms. The van der Waals surface area contributed by atoms with Gasteiger partial charge in [0.1, 0.15) is 6.04 Å². The Hall–Kier alpha value is -2.31. The van der Waals surface area contributed by atoms with Gasteiger partial charge in [0, 0.05) is 10.6 Å². The summed E-state index contributed by atoms with van der Waals surface area (Å²) in [5.41, 5.74) is 1.23. The van der Waals surface area contributed by atoms with Gasteiger partial charge in [-0.1, -0.05) is 41.9 Å². The molecule has 0 fully saturated rings. The second kappa shape index (κ2) is 6.03. The van der Waals surface area contributed by atoms with Crippen LogP contribution in [0, 0.1) is 11.3 Å². The first-order chi connectivity index (χ1) is 9.20. The van der Waals surface area contributed by atoms with Crippen molar-refractivity contribution in [1.29, 1.82) is 5.26 Å². The number of amides is 1. The molecule has 0 aliphatic heterocycles. The zero-order valence-corrected chi connectivity index (χ0v) is 10.8. The summed E-state index contributed by atoms with van der Waals surface area (Å²) in [6, 6.07) is 17.0. The maximum Gasteiger partial charge on any atom is 0.252 e. The molecule has 0 radical (unpaired) electrons. The third-order valence-electron chi connectivity index (χ3n) is 2.64. The summed E-state index contributed by atoms with van der Waals surface area (Å²) in [6.45, 7) is 0. The van der Waals surface area contributed by atoms with Gasteiger partial charge in [-0.25, -0.2) is 0 Å². The van der Waals surface area contributed by atoms with Crippen LogP contribution in [0.2, 0.25) is 5.02 Å². The van der Waals surface area contributed by atoms with Crippen LogP contribution in [0.5, 0.6) is 0 Å². The van der Waals surface area contributed by atoms with Crippen LogP contribution in [0.15, 0.2) is 54.6 Å². The molecule has 1 unspecified atom stereocenters. The normalized spacial score (nSPS) is 11.4. The fraction of sp³-hybridized carbons (Fsp3) is 0.0667. The molecule has 2 aromatic rings. The number of halogens is 1. The maximum absolute atomic E-state index is 12.0. The largest absolute Gasteiger partial charge is 0.333 e. The monoisotopic (exact) mass is 270 g/mol. The quantitative estimate of drug-likeness (QED) is 0.930. The van der Waals surface area contributed by atoms with Crippen LogP contribution in [-0.4, -0.2) is 5.91 Å². The number of nitriles is 1. The van der Waals surface area contributed by atoms with E-state index in [0.717, 1.165) is 0 Å². The fourth-order valence-electron chi connectivity index (χ4n) is 1.65. The topological polar surface area (TPSA) is 52.9 Å². The van der Waals surface area contributed by atoms with E-state index in [1.54, 1.807) is 48.5 Å². The zero-order valence-electron chi connectivity index (χ0n) is 10.0. The summed E-state index contributed by atoms with van der Waals surface area (Å²) >= 11 is 5.79. The third kappa shape index (κ3) is 3.34. The summed E-state index contributed by atoms with van der Waals surface area (Å²) in [4.78, 5) is 12.0. The number of carbonyl (C=O) groups excluding carboxylic acids is 1. The molecule has 3 nitrogen and oxygen atoms in total. The van der Waals surface area contributed by atoms with Crippen molar-refractivity contribution in [3.63, 3.8) is 0 Å². The Morgan fingerprint density at radius 2 is 1.74 bits per heavy atom. The highest BCUT2D eigenvalue weighted by molar-refractivity contribution is 6.30. The van der Waals surface area contributed by atoms with E-state index in [-0.39, 0.29) is 5.91 Å². The van der Waals surface area contributed by atoms with Crippen LogP contribution in [0.3, 0.4) is 0 Å². The van der Waals surface area contributed by atoms with Gasteiger partial charge in [-0.15, -0.1) is 0 Å². The molecule has 0 heterocycles. The Balaban J connectivity index is 2.14. The van der Waals surface area contributed by atoms with Gasteiger partial charge in [-0.3, -0.25) is 4.79 Å². The van der Waals surface area contributed by atoms with Crippen molar-refractivity contribution in [3.05, 3.63) is 70.7 Å². The number of carbonyl (C=O) groups is 1. The van der Waals surface area contributed by atoms with Gasteiger partial charge in [-0.2, -0.15) is 5.26 Å². The highest BCUT2D eigenvalue weighted by Gasteiger charge is 2.14. The van der Waals surface area contributed by atoms with Gasteiger partial charge in [0.2, 0.25) is 0 Å². The van der Waals surface area contributed by atoms with Crippen LogP contribution in [0.4, 0.5) is 0 Å². The Kier molecular flexibility index (Phi) is 4.17. The highest BCUT2D eigenvalue weighted by atomic mass is 35.5. The minimum Gasteiger partial charge on any atom is -0.333 e. The van der Waals surface area contributed by atoms with Gasteiger partial charge < -0.3 is 5.32 Å². The number of nitrogens with one attached hydrogen (secondary N) is 1. The molecule has 1 amide bonds. The molecule has 1 N–H and O–H groups in total. The number of nitrogens with zero attached hydrogens (tertiary/aromatic N) is 1. The molecule has 0 spiro atoms. The van der Waals surface area contributed by atoms with Gasteiger partial charge in [0.15, 0.2) is 0 Å². The summed E-state index contributed by atoms with van der Waals surface area (Å²) in [5, 5.41) is 12.4. The van der Waals surface area contributed by atoms with Gasteiger partial charge in [0.05, 0.1) is 6.07 Å². The molecule has 2 rings (SSSR count). The number of hydrogen-bond donors (Lipinski definition) is 1. The molecule has 1 atom stereocenters. The summed E-state index contributed by atoms with van der Waals surface area (Å²) < 4.78 is 0. The number of rotatable bonds is 3. The maximum atomic E-state index is 12.0. The third-order valence-corrected chi connectivity index (χ3v) is 2.90. The molecule has 0 saturated carbocycles. The molecule has 4 heteroatoms. The van der Waals surface area contributed by atoms with Crippen LogP contribution in [0.1, 0.15) is 22.0 Å². The lowest BCUT2D eigenvalue weighted by molar-refractivity contribution is 0.0945. The molecule has 0 saturated heterocycles. The van der Waals surface area contributed by atoms with E-state index >= 15 is 0 Å². The van der Waals surface area contributed by atoms with E-state index in [4.69, 9.17) is 16.9 Å². The van der Waals surface area contributed by atoms with E-state index < -0.39 is 6.04 Å². The Morgan fingerprint density at radius 3 is 2.32 bits per heavy atom. The van der Waals surface area contributed by atoms with Crippen molar-refractivity contribution >= 4 is 17.5 Å². The number of benzene rings is 2. The van der Waals surface area contributed by atoms with Crippen LogP contribution in [0.25, 0.3) is 0 Å². The predicted octanol–water partition coefficient (Wildman–Crippen LogP) is 3.33. The van der Waals surface area contributed by atoms with Crippen molar-refractivity contribution in [3.8, 4) is 6.07 Å². The molecule has 0 aliphatic carbocycles. The van der Waals surface area contributed by atoms with Crippen molar-refractivity contribution in [2.24, 2.45) is 0 Å². The standard InChI is InChI=1S/C15H11ClN2O/c16-13-8-6-11(7-9-13)14(10-17)18-15(19)12-4-2-1-3-5-12/h1-9,14H,(H,18,19). The Labute approximate surface area is 116 Å². The average Bonchev–Trinajstić information content (AvgIpc) is 2.46. The van der Waals surface area contributed by atoms with Gasteiger partial charge in [-0.05, 0) is 29.8 Å². The van der Waals surface area contributed by atoms with Crippen LogP contribution >= 0.6 is 11.6 Å². The van der Waals surface area contributed by atoms with Crippen LogP contribution in [-0.2, 0) is 0 Å². The first-order valence-corrected chi connectivity index (χ1v) is 6.09. The van der Waals surface area contributed by atoms with Crippen molar-refractivity contribution in [1.82, 2.24) is 5.32 Å². The molecule has 94 valence electrons. The lowest BCUT2D eigenvalue weighted by atomic mass is 10.1. The van der Waals surface area contributed by atoms with E-state index in [9.17, 15) is 4.79 Å². The summed E-state index contributed by atoms with van der Waals surface area (Å²) in [7, 11) is 0. The molecule has 2 aromatic carbocycles. The SMILES string of the molecule is N#CC(NC(=O)c1ccccc1)c1ccc(Cl)cc1. The lowest BCUT2D eigenvalue weighted by Gasteiger charge is -2.12. The molecule has 0 aromatic heterocycles. The van der Waals surface area contributed by atoms with Crippen molar-refractivity contribution in [2.75, 3.05) is 0 Å². The van der Waals surface area contributed by atoms with E-state index in [1.165, 1.54) is 0 Å². The fourth-order valence-corrected chi connectivity index (χ4v) is 1.78. The lowest BCUT2D eigenvalue weighted by Crippen LogP contribution is -2.27. The summed E-state index contributed by atoms with van der Waals surface area (Å²) in [5.74, 6) is -0.276. The van der Waals surface area contributed by atoms with Gasteiger partial charge in [0.25, 0.3) is 5.91 Å². The molecule has 0 bridgehead atoms. The highest BCUT2D eigenvalue weighted by Crippen LogP contribution is 2.16. The minimum absolute atomic E-state index is 0.276. The van der Waals surface area contributed by atoms with Gasteiger partial charge >= 0.3 is 0 Å². The van der Waals surface area contributed by atoms with Crippen molar-refractivity contribution < 1.29 is 4.79 Å². The van der Waals surface area contributed by atoms with E-state index in [0.29, 0.717) is 16.1 Å². The van der Waals surface area contributed by atoms with Crippen molar-refractivity contribution in [2.45, 2.75) is 6.04 Å². The first kappa shape index (κ1) is 13.1. The first-order valence-electron chi connectivity index (χ1n) is 5.71. The van der Waals surface area contributed by atoms with E-state index in [2.05, 4.69) is 11.4 Å². The zero-order chi connectivity index (χ0) is 13.7. The second-order valence-electron chi connectivity index (χ2n) is 3.95. The van der Waals surface area contributed by atoms with E-state index in [1.807, 2.05) is 6.07 Å². The summed E-state index contributed by atoms with van der Waals surface area (Å²) in [6.07, 6.45) is 0. The molecular weight excluding hydrogens is 260 g/mol. The molecular formula is C15H11ClN2O. The Morgan fingerprint density at radius 1 is 1.11 bits per heavy atom. The molecule has 0 aliphatic rings. The van der Waals surface area contributed by atoms with Crippen LogP contribution < -0.4 is 5.32 Å². The predicted molar refractivity (Wildman–Crippen MR) is 73.7 cm³/mol. The second-order valence-corrected chi connectivity index (χ2v) is 4.39. The average molecular weight is 271 g/mol. The minimum atomic E-state index is -0.690. The Bertz CT molecular complexity index is 602. The number of hydrogen-bond acceptors (Lipinski definition) is 2. The smallest absolute Gasteiger partial charge is 0.252 e.